The Morgan fingerprint density at radius 3 is 2.84 bits per heavy atom. The fourth-order valence-electron chi connectivity index (χ4n) is 1.36. The highest BCUT2D eigenvalue weighted by Crippen LogP contribution is 2.25. The zero-order valence-corrected chi connectivity index (χ0v) is 11.3. The van der Waals surface area contributed by atoms with Gasteiger partial charge in [0.25, 0.3) is 5.91 Å². The highest BCUT2D eigenvalue weighted by molar-refractivity contribution is 6.36. The zero-order chi connectivity index (χ0) is 13.7. The van der Waals surface area contributed by atoms with E-state index in [1.807, 2.05) is 0 Å². The molecule has 0 atom stereocenters. The summed E-state index contributed by atoms with van der Waals surface area (Å²) in [5.74, 6) is 0.216. The van der Waals surface area contributed by atoms with Crippen LogP contribution >= 0.6 is 23.2 Å². The number of halogens is 2. The molecule has 6 heteroatoms. The Balaban J connectivity index is 1.91. The Kier molecular flexibility index (Phi) is 4.60. The molecule has 2 rings (SSSR count). The summed E-state index contributed by atoms with van der Waals surface area (Å²) in [5, 5.41) is 3.52. The summed E-state index contributed by atoms with van der Waals surface area (Å²) < 4.78 is 5.26. The minimum atomic E-state index is -0.312. The SMILES string of the molecule is O=C(COc1cccnc1)Nc1ccc(Cl)cc1Cl. The van der Waals surface area contributed by atoms with Gasteiger partial charge in [0.1, 0.15) is 5.75 Å². The van der Waals surface area contributed by atoms with Gasteiger partial charge in [-0.05, 0) is 30.3 Å². The van der Waals surface area contributed by atoms with E-state index < -0.39 is 0 Å². The number of carbonyl (C=O) groups excluding carboxylic acids is 1. The third-order valence-electron chi connectivity index (χ3n) is 2.21. The first-order chi connectivity index (χ1) is 9.15. The summed E-state index contributed by atoms with van der Waals surface area (Å²) in [5.41, 5.74) is 0.492. The Labute approximate surface area is 120 Å². The smallest absolute Gasteiger partial charge is 0.262 e. The summed E-state index contributed by atoms with van der Waals surface area (Å²) in [6.45, 7) is -0.120. The number of rotatable bonds is 4. The highest BCUT2D eigenvalue weighted by atomic mass is 35.5. The lowest BCUT2D eigenvalue weighted by molar-refractivity contribution is -0.118. The monoisotopic (exact) mass is 296 g/mol. The normalized spacial score (nSPS) is 10.0. The maximum absolute atomic E-state index is 11.7. The molecule has 1 amide bonds. The minimum absolute atomic E-state index is 0.120. The van der Waals surface area contributed by atoms with Crippen molar-refractivity contribution in [1.29, 1.82) is 0 Å². The molecule has 0 aliphatic carbocycles. The number of nitrogens with zero attached hydrogens (tertiary/aromatic N) is 1. The molecule has 19 heavy (non-hydrogen) atoms. The molecule has 0 aliphatic rings. The molecule has 0 unspecified atom stereocenters. The number of hydrogen-bond acceptors (Lipinski definition) is 3. The van der Waals surface area contributed by atoms with Gasteiger partial charge in [0.15, 0.2) is 6.61 Å². The van der Waals surface area contributed by atoms with Crippen LogP contribution in [0.15, 0.2) is 42.7 Å². The summed E-state index contributed by atoms with van der Waals surface area (Å²) in [6, 6.07) is 8.28. The van der Waals surface area contributed by atoms with Crippen molar-refractivity contribution in [2.45, 2.75) is 0 Å². The third-order valence-corrected chi connectivity index (χ3v) is 2.76. The van der Waals surface area contributed by atoms with Crippen molar-refractivity contribution >= 4 is 34.8 Å². The molecule has 0 spiro atoms. The van der Waals surface area contributed by atoms with E-state index in [0.29, 0.717) is 21.5 Å². The van der Waals surface area contributed by atoms with E-state index in [4.69, 9.17) is 27.9 Å². The first-order valence-electron chi connectivity index (χ1n) is 5.43. The van der Waals surface area contributed by atoms with Crippen LogP contribution in [-0.4, -0.2) is 17.5 Å². The Bertz CT molecular complexity index is 576. The largest absolute Gasteiger partial charge is 0.482 e. The lowest BCUT2D eigenvalue weighted by atomic mass is 10.3. The van der Waals surface area contributed by atoms with Crippen LogP contribution < -0.4 is 10.1 Å². The molecule has 0 radical (unpaired) electrons. The molecule has 0 bridgehead atoms. The van der Waals surface area contributed by atoms with E-state index in [-0.39, 0.29) is 12.5 Å². The van der Waals surface area contributed by atoms with E-state index in [1.54, 1.807) is 36.5 Å². The average Bonchev–Trinajstić information content (AvgIpc) is 2.41. The standard InChI is InChI=1S/C13H10Cl2N2O2/c14-9-3-4-12(11(15)6-9)17-13(18)8-19-10-2-1-5-16-7-10/h1-7H,8H2,(H,17,18). The van der Waals surface area contributed by atoms with Crippen LogP contribution in [0.4, 0.5) is 5.69 Å². The van der Waals surface area contributed by atoms with Crippen molar-refractivity contribution in [3.8, 4) is 5.75 Å². The lowest BCUT2D eigenvalue weighted by Gasteiger charge is -2.08. The predicted octanol–water partition coefficient (Wildman–Crippen LogP) is 3.41. The van der Waals surface area contributed by atoms with Crippen LogP contribution in [0.2, 0.25) is 10.0 Å². The summed E-state index contributed by atoms with van der Waals surface area (Å²) in [4.78, 5) is 15.6. The second kappa shape index (κ2) is 6.41. The molecule has 0 fully saturated rings. The van der Waals surface area contributed by atoms with Gasteiger partial charge in [0, 0.05) is 11.2 Å². The number of hydrogen-bond donors (Lipinski definition) is 1. The van der Waals surface area contributed by atoms with E-state index in [0.717, 1.165) is 0 Å². The van der Waals surface area contributed by atoms with E-state index in [1.165, 1.54) is 6.20 Å². The van der Waals surface area contributed by atoms with Crippen molar-refractivity contribution < 1.29 is 9.53 Å². The third kappa shape index (κ3) is 4.12. The molecule has 1 aromatic heterocycles. The maximum Gasteiger partial charge on any atom is 0.262 e. The second-order valence-electron chi connectivity index (χ2n) is 3.65. The van der Waals surface area contributed by atoms with Gasteiger partial charge < -0.3 is 10.1 Å². The number of ether oxygens (including phenoxy) is 1. The van der Waals surface area contributed by atoms with Crippen molar-refractivity contribution in [2.24, 2.45) is 0 Å². The van der Waals surface area contributed by atoms with Crippen LogP contribution in [0.5, 0.6) is 5.75 Å². The fourth-order valence-corrected chi connectivity index (χ4v) is 1.81. The molecule has 2 aromatic rings. The van der Waals surface area contributed by atoms with E-state index in [9.17, 15) is 4.79 Å². The number of carbonyl (C=O) groups is 1. The summed E-state index contributed by atoms with van der Waals surface area (Å²) in [6.07, 6.45) is 3.16. The summed E-state index contributed by atoms with van der Waals surface area (Å²) >= 11 is 11.7. The van der Waals surface area contributed by atoms with Gasteiger partial charge in [-0.3, -0.25) is 9.78 Å². The lowest BCUT2D eigenvalue weighted by Crippen LogP contribution is -2.20. The molecule has 0 saturated carbocycles. The number of benzene rings is 1. The van der Waals surface area contributed by atoms with Crippen LogP contribution in [0.3, 0.4) is 0 Å². The van der Waals surface area contributed by atoms with Crippen LogP contribution in [0.1, 0.15) is 0 Å². The van der Waals surface area contributed by atoms with Crippen LogP contribution in [0.25, 0.3) is 0 Å². The molecule has 98 valence electrons. The Morgan fingerprint density at radius 2 is 2.16 bits per heavy atom. The van der Waals surface area contributed by atoms with Crippen LogP contribution in [0, 0.1) is 0 Å². The number of anilines is 1. The van der Waals surface area contributed by atoms with Crippen LogP contribution in [-0.2, 0) is 4.79 Å². The molecule has 0 saturated heterocycles. The van der Waals surface area contributed by atoms with E-state index >= 15 is 0 Å². The zero-order valence-electron chi connectivity index (χ0n) is 9.77. The van der Waals surface area contributed by atoms with Gasteiger partial charge in [-0.1, -0.05) is 23.2 Å². The number of nitrogens with one attached hydrogen (secondary N) is 1. The van der Waals surface area contributed by atoms with Gasteiger partial charge in [0.05, 0.1) is 16.9 Å². The molecule has 1 N–H and O–H groups in total. The van der Waals surface area contributed by atoms with Gasteiger partial charge in [0.2, 0.25) is 0 Å². The van der Waals surface area contributed by atoms with Crippen molar-refractivity contribution in [2.75, 3.05) is 11.9 Å². The summed E-state index contributed by atoms with van der Waals surface area (Å²) in [7, 11) is 0. The Morgan fingerprint density at radius 1 is 1.32 bits per heavy atom. The molecule has 0 aliphatic heterocycles. The first kappa shape index (κ1) is 13.6. The van der Waals surface area contributed by atoms with Gasteiger partial charge in [-0.2, -0.15) is 0 Å². The maximum atomic E-state index is 11.7. The van der Waals surface area contributed by atoms with Gasteiger partial charge in [-0.15, -0.1) is 0 Å². The molecule has 4 nitrogen and oxygen atoms in total. The minimum Gasteiger partial charge on any atom is -0.482 e. The predicted molar refractivity (Wildman–Crippen MR) is 74.8 cm³/mol. The molecular weight excluding hydrogens is 287 g/mol. The van der Waals surface area contributed by atoms with E-state index in [2.05, 4.69) is 10.3 Å². The van der Waals surface area contributed by atoms with Gasteiger partial charge >= 0.3 is 0 Å². The molecule has 1 heterocycles. The number of amides is 1. The highest BCUT2D eigenvalue weighted by Gasteiger charge is 2.07. The second-order valence-corrected chi connectivity index (χ2v) is 4.49. The number of pyridine rings is 1. The van der Waals surface area contributed by atoms with Crippen molar-refractivity contribution in [3.63, 3.8) is 0 Å². The van der Waals surface area contributed by atoms with Crippen molar-refractivity contribution in [3.05, 3.63) is 52.8 Å². The van der Waals surface area contributed by atoms with Gasteiger partial charge in [-0.25, -0.2) is 0 Å². The molecule has 1 aromatic carbocycles. The average molecular weight is 297 g/mol. The quantitative estimate of drug-likeness (QED) is 0.941. The molecular formula is C13H10Cl2N2O2. The topological polar surface area (TPSA) is 51.2 Å². The number of aromatic nitrogens is 1. The first-order valence-corrected chi connectivity index (χ1v) is 6.18. The fraction of sp³-hybridized carbons (Fsp3) is 0.0769. The van der Waals surface area contributed by atoms with Crippen molar-refractivity contribution in [1.82, 2.24) is 4.98 Å². The Hall–Kier alpha value is -1.78.